The Bertz CT molecular complexity index is 140. The van der Waals surface area contributed by atoms with Crippen molar-refractivity contribution in [3.63, 3.8) is 0 Å². The predicted molar refractivity (Wildman–Crippen MR) is 59.0 cm³/mol. The lowest BCUT2D eigenvalue weighted by molar-refractivity contribution is 0.141. The lowest BCUT2D eigenvalue weighted by Gasteiger charge is -2.35. The fourth-order valence-electron chi connectivity index (χ4n) is 2.40. The van der Waals surface area contributed by atoms with Gasteiger partial charge in [-0.3, -0.25) is 0 Å². The zero-order chi connectivity index (χ0) is 9.90. The van der Waals surface area contributed by atoms with E-state index in [1.807, 2.05) is 0 Å². The SMILES string of the molecule is CN(CC(C)(C)C)C1CCCCC1. The third kappa shape index (κ3) is 4.12. The Hall–Kier alpha value is -0.0400. The first-order valence-electron chi connectivity index (χ1n) is 5.69. The third-order valence-electron chi connectivity index (χ3n) is 2.92. The van der Waals surface area contributed by atoms with Gasteiger partial charge in [0.25, 0.3) is 0 Å². The smallest absolute Gasteiger partial charge is 0.00924 e. The van der Waals surface area contributed by atoms with Crippen LogP contribution in [-0.2, 0) is 0 Å². The van der Waals surface area contributed by atoms with Crippen LogP contribution in [0.1, 0.15) is 52.9 Å². The molecular formula is C12H25N. The van der Waals surface area contributed by atoms with E-state index >= 15 is 0 Å². The van der Waals surface area contributed by atoms with Crippen LogP contribution in [0.25, 0.3) is 0 Å². The highest BCUT2D eigenvalue weighted by Crippen LogP contribution is 2.24. The normalized spacial score (nSPS) is 21.0. The van der Waals surface area contributed by atoms with Crippen LogP contribution in [-0.4, -0.2) is 24.5 Å². The van der Waals surface area contributed by atoms with Gasteiger partial charge in [0.15, 0.2) is 0 Å². The second kappa shape index (κ2) is 4.45. The highest BCUT2D eigenvalue weighted by atomic mass is 15.1. The Kier molecular flexibility index (Phi) is 3.78. The first-order chi connectivity index (χ1) is 5.99. The van der Waals surface area contributed by atoms with Crippen LogP contribution in [0.3, 0.4) is 0 Å². The zero-order valence-corrected chi connectivity index (χ0v) is 9.77. The van der Waals surface area contributed by atoms with Crippen molar-refractivity contribution in [3.05, 3.63) is 0 Å². The van der Waals surface area contributed by atoms with E-state index < -0.39 is 0 Å². The molecule has 1 saturated carbocycles. The lowest BCUT2D eigenvalue weighted by atomic mass is 9.91. The predicted octanol–water partition coefficient (Wildman–Crippen LogP) is 3.30. The molecule has 1 fully saturated rings. The molecule has 0 saturated heterocycles. The summed E-state index contributed by atoms with van der Waals surface area (Å²) in [7, 11) is 2.29. The fraction of sp³-hybridized carbons (Fsp3) is 1.00. The van der Waals surface area contributed by atoms with Crippen molar-refractivity contribution in [3.8, 4) is 0 Å². The van der Waals surface area contributed by atoms with Crippen LogP contribution >= 0.6 is 0 Å². The largest absolute Gasteiger partial charge is 0.303 e. The summed E-state index contributed by atoms with van der Waals surface area (Å²) in [6, 6.07) is 0.868. The zero-order valence-electron chi connectivity index (χ0n) is 9.77. The Labute approximate surface area is 83.5 Å². The van der Waals surface area contributed by atoms with Gasteiger partial charge in [0, 0.05) is 12.6 Å². The first-order valence-corrected chi connectivity index (χ1v) is 5.69. The maximum atomic E-state index is 2.57. The Morgan fingerprint density at radius 1 is 1.08 bits per heavy atom. The van der Waals surface area contributed by atoms with Crippen LogP contribution < -0.4 is 0 Å². The number of rotatable bonds is 2. The van der Waals surface area contributed by atoms with Gasteiger partial charge < -0.3 is 4.90 Å². The van der Waals surface area contributed by atoms with Crippen LogP contribution in [0.5, 0.6) is 0 Å². The van der Waals surface area contributed by atoms with Gasteiger partial charge in [-0.1, -0.05) is 40.0 Å². The topological polar surface area (TPSA) is 3.24 Å². The molecule has 1 aliphatic rings. The van der Waals surface area contributed by atoms with Gasteiger partial charge in [0.05, 0.1) is 0 Å². The minimum atomic E-state index is 0.451. The molecule has 0 heterocycles. The molecule has 0 aliphatic heterocycles. The van der Waals surface area contributed by atoms with Crippen molar-refractivity contribution < 1.29 is 0 Å². The second-order valence-corrected chi connectivity index (χ2v) is 5.77. The van der Waals surface area contributed by atoms with Crippen molar-refractivity contribution in [2.24, 2.45) is 5.41 Å². The van der Waals surface area contributed by atoms with Crippen molar-refractivity contribution in [2.75, 3.05) is 13.6 Å². The van der Waals surface area contributed by atoms with Gasteiger partial charge in [-0.05, 0) is 25.3 Å². The van der Waals surface area contributed by atoms with E-state index in [1.165, 1.54) is 38.6 Å². The Morgan fingerprint density at radius 2 is 1.62 bits per heavy atom. The first kappa shape index (κ1) is 11.0. The minimum Gasteiger partial charge on any atom is -0.303 e. The standard InChI is InChI=1S/C12H25N/c1-12(2,3)10-13(4)11-8-6-5-7-9-11/h11H,5-10H2,1-4H3. The molecule has 0 aromatic rings. The maximum absolute atomic E-state index is 2.57. The highest BCUT2D eigenvalue weighted by molar-refractivity contribution is 4.76. The van der Waals surface area contributed by atoms with Gasteiger partial charge in [0.1, 0.15) is 0 Å². The van der Waals surface area contributed by atoms with Gasteiger partial charge in [-0.15, -0.1) is 0 Å². The molecule has 0 aromatic heterocycles. The quantitative estimate of drug-likeness (QED) is 0.635. The molecule has 0 amide bonds. The molecule has 13 heavy (non-hydrogen) atoms. The molecule has 1 nitrogen and oxygen atoms in total. The average molecular weight is 183 g/mol. The lowest BCUT2D eigenvalue weighted by Crippen LogP contribution is -2.38. The van der Waals surface area contributed by atoms with E-state index in [1.54, 1.807) is 0 Å². The molecule has 1 aliphatic carbocycles. The van der Waals surface area contributed by atoms with E-state index in [-0.39, 0.29) is 0 Å². The van der Waals surface area contributed by atoms with Crippen LogP contribution in [0, 0.1) is 5.41 Å². The van der Waals surface area contributed by atoms with E-state index in [0.29, 0.717) is 5.41 Å². The maximum Gasteiger partial charge on any atom is 0.00924 e. The van der Waals surface area contributed by atoms with Gasteiger partial charge >= 0.3 is 0 Å². The van der Waals surface area contributed by atoms with E-state index in [9.17, 15) is 0 Å². The summed E-state index contributed by atoms with van der Waals surface area (Å²) in [5.74, 6) is 0. The number of hydrogen-bond acceptors (Lipinski definition) is 1. The molecule has 0 N–H and O–H groups in total. The highest BCUT2D eigenvalue weighted by Gasteiger charge is 2.21. The summed E-state index contributed by atoms with van der Waals surface area (Å²) >= 11 is 0. The van der Waals surface area contributed by atoms with Crippen molar-refractivity contribution in [1.82, 2.24) is 4.90 Å². The summed E-state index contributed by atoms with van der Waals surface area (Å²) in [6.07, 6.45) is 7.19. The summed E-state index contributed by atoms with van der Waals surface area (Å²) in [5.41, 5.74) is 0.451. The van der Waals surface area contributed by atoms with E-state index in [0.717, 1.165) is 6.04 Å². The van der Waals surface area contributed by atoms with Crippen LogP contribution in [0.15, 0.2) is 0 Å². The molecule has 0 aromatic carbocycles. The summed E-state index contributed by atoms with van der Waals surface area (Å²) in [4.78, 5) is 2.57. The summed E-state index contributed by atoms with van der Waals surface area (Å²) in [5, 5.41) is 0. The number of nitrogens with zero attached hydrogens (tertiary/aromatic N) is 1. The van der Waals surface area contributed by atoms with Crippen molar-refractivity contribution in [2.45, 2.75) is 58.9 Å². The Morgan fingerprint density at radius 3 is 2.08 bits per heavy atom. The third-order valence-corrected chi connectivity index (χ3v) is 2.92. The van der Waals surface area contributed by atoms with Crippen molar-refractivity contribution in [1.29, 1.82) is 0 Å². The average Bonchev–Trinajstić information content (AvgIpc) is 2.03. The van der Waals surface area contributed by atoms with Crippen LogP contribution in [0.4, 0.5) is 0 Å². The van der Waals surface area contributed by atoms with Gasteiger partial charge in [0.2, 0.25) is 0 Å². The summed E-state index contributed by atoms with van der Waals surface area (Å²) in [6.45, 7) is 8.21. The van der Waals surface area contributed by atoms with Crippen molar-refractivity contribution >= 4 is 0 Å². The van der Waals surface area contributed by atoms with E-state index in [4.69, 9.17) is 0 Å². The minimum absolute atomic E-state index is 0.451. The fourth-order valence-corrected chi connectivity index (χ4v) is 2.40. The number of hydrogen-bond donors (Lipinski definition) is 0. The van der Waals surface area contributed by atoms with E-state index in [2.05, 4.69) is 32.7 Å². The van der Waals surface area contributed by atoms with Crippen LogP contribution in [0.2, 0.25) is 0 Å². The van der Waals surface area contributed by atoms with Gasteiger partial charge in [-0.25, -0.2) is 0 Å². The molecule has 0 unspecified atom stereocenters. The monoisotopic (exact) mass is 183 g/mol. The molecule has 1 heteroatoms. The molecule has 1 rings (SSSR count). The molecular weight excluding hydrogens is 158 g/mol. The summed E-state index contributed by atoms with van der Waals surface area (Å²) < 4.78 is 0. The molecule has 0 bridgehead atoms. The molecule has 0 spiro atoms. The molecule has 0 radical (unpaired) electrons. The molecule has 78 valence electrons. The van der Waals surface area contributed by atoms with Gasteiger partial charge in [-0.2, -0.15) is 0 Å². The Balaban J connectivity index is 2.33. The molecule has 0 atom stereocenters. The second-order valence-electron chi connectivity index (χ2n) is 5.77.